The predicted octanol–water partition coefficient (Wildman–Crippen LogP) is 3.47. The Kier molecular flexibility index (Phi) is 6.32. The minimum Gasteiger partial charge on any atom is -0.394 e. The fourth-order valence-corrected chi connectivity index (χ4v) is 5.13. The lowest BCUT2D eigenvalue weighted by molar-refractivity contribution is 0.0858. The van der Waals surface area contributed by atoms with Gasteiger partial charge in [0, 0.05) is 3.57 Å². The van der Waals surface area contributed by atoms with Crippen LogP contribution in [0.1, 0.15) is 19.3 Å². The van der Waals surface area contributed by atoms with Gasteiger partial charge in [0.25, 0.3) is 0 Å². The van der Waals surface area contributed by atoms with E-state index in [9.17, 15) is 26.7 Å². The number of halogens is 4. The molecule has 6 nitrogen and oxygen atoms in total. The molecule has 1 fully saturated rings. The molecule has 1 saturated carbocycles. The highest BCUT2D eigenvalue weighted by Crippen LogP contribution is 2.48. The Balaban J connectivity index is 1.95. The molecule has 4 N–H and O–H groups in total. The Morgan fingerprint density at radius 3 is 2.34 bits per heavy atom. The lowest BCUT2D eigenvalue weighted by Gasteiger charge is -2.22. The van der Waals surface area contributed by atoms with E-state index >= 15 is 0 Å². The van der Waals surface area contributed by atoms with E-state index < -0.39 is 50.6 Å². The number of anilines is 3. The van der Waals surface area contributed by atoms with Crippen molar-refractivity contribution in [3.63, 3.8) is 0 Å². The first-order valence-electron chi connectivity index (χ1n) is 8.60. The van der Waals surface area contributed by atoms with Crippen LogP contribution >= 0.6 is 22.6 Å². The molecule has 1 aliphatic carbocycles. The smallest absolute Gasteiger partial charge is 0.238 e. The van der Waals surface area contributed by atoms with E-state index in [0.717, 1.165) is 12.1 Å². The van der Waals surface area contributed by atoms with Gasteiger partial charge >= 0.3 is 0 Å². The van der Waals surface area contributed by atoms with Crippen LogP contribution in [-0.4, -0.2) is 36.1 Å². The number of benzene rings is 2. The van der Waals surface area contributed by atoms with Gasteiger partial charge in [-0.3, -0.25) is 4.72 Å². The van der Waals surface area contributed by atoms with E-state index in [1.165, 1.54) is 12.1 Å². The molecule has 0 spiro atoms. The SMILES string of the molecule is O=S(=O)(Nc1ccc(F)c(F)c1Nc1ccc(I)cc1F)C1(C[C@H](O)CO)CC1. The van der Waals surface area contributed by atoms with E-state index in [4.69, 9.17) is 5.11 Å². The van der Waals surface area contributed by atoms with E-state index in [-0.39, 0.29) is 30.6 Å². The average Bonchev–Trinajstić information content (AvgIpc) is 3.44. The third-order valence-electron chi connectivity index (χ3n) is 4.73. The quantitative estimate of drug-likeness (QED) is 0.383. The fourth-order valence-electron chi connectivity index (χ4n) is 2.95. The van der Waals surface area contributed by atoms with Crippen LogP contribution in [0.3, 0.4) is 0 Å². The first-order valence-corrected chi connectivity index (χ1v) is 11.2. The Morgan fingerprint density at radius 2 is 1.76 bits per heavy atom. The number of sulfonamides is 1. The van der Waals surface area contributed by atoms with Crippen LogP contribution in [-0.2, 0) is 10.0 Å². The number of aliphatic hydroxyl groups excluding tert-OH is 2. The predicted molar refractivity (Wildman–Crippen MR) is 111 cm³/mol. The zero-order valence-electron chi connectivity index (χ0n) is 14.9. The molecule has 29 heavy (non-hydrogen) atoms. The largest absolute Gasteiger partial charge is 0.394 e. The van der Waals surface area contributed by atoms with Crippen molar-refractivity contribution < 1.29 is 31.8 Å². The maximum absolute atomic E-state index is 14.4. The van der Waals surface area contributed by atoms with Crippen molar-refractivity contribution in [2.45, 2.75) is 30.1 Å². The van der Waals surface area contributed by atoms with Crippen molar-refractivity contribution >= 4 is 49.7 Å². The highest BCUT2D eigenvalue weighted by Gasteiger charge is 2.55. The van der Waals surface area contributed by atoms with Crippen LogP contribution in [0.4, 0.5) is 30.2 Å². The lowest BCUT2D eigenvalue weighted by Crippen LogP contribution is -2.34. The molecule has 0 bridgehead atoms. The van der Waals surface area contributed by atoms with Crippen LogP contribution in [0.5, 0.6) is 0 Å². The summed E-state index contributed by atoms with van der Waals surface area (Å²) in [6.07, 6.45) is -0.927. The van der Waals surface area contributed by atoms with Crippen molar-refractivity contribution in [2.24, 2.45) is 0 Å². The summed E-state index contributed by atoms with van der Waals surface area (Å²) in [5.74, 6) is -3.33. The van der Waals surface area contributed by atoms with Gasteiger partial charge in [0.05, 0.1) is 28.8 Å². The zero-order chi connectivity index (χ0) is 21.4. The summed E-state index contributed by atoms with van der Waals surface area (Å²) in [6.45, 7) is -0.596. The Labute approximate surface area is 179 Å². The van der Waals surface area contributed by atoms with Crippen LogP contribution in [0.15, 0.2) is 30.3 Å². The second-order valence-electron chi connectivity index (χ2n) is 6.86. The van der Waals surface area contributed by atoms with Gasteiger partial charge in [-0.2, -0.15) is 0 Å². The van der Waals surface area contributed by atoms with E-state index in [0.29, 0.717) is 3.57 Å². The standard InChI is InChI=1S/C18H18F3IN2O4S/c19-12-2-4-15(24-29(27,28)18(5-6-18)8-11(26)9-25)17(16(12)21)23-14-3-1-10(22)7-13(14)20/h1-4,7,11,23-26H,5-6,8-9H2/t11-/m0/s1. The minimum absolute atomic E-state index is 0.160. The summed E-state index contributed by atoms with van der Waals surface area (Å²) in [5.41, 5.74) is -1.02. The molecule has 2 aromatic carbocycles. The highest BCUT2D eigenvalue weighted by molar-refractivity contribution is 14.1. The van der Waals surface area contributed by atoms with Crippen LogP contribution in [0.25, 0.3) is 0 Å². The number of hydrogen-bond donors (Lipinski definition) is 4. The molecule has 158 valence electrons. The van der Waals surface area contributed by atoms with Gasteiger partial charge in [0.2, 0.25) is 10.0 Å². The van der Waals surface area contributed by atoms with Crippen molar-refractivity contribution in [3.05, 3.63) is 51.4 Å². The second kappa shape index (κ2) is 8.28. The van der Waals surface area contributed by atoms with Crippen LogP contribution in [0, 0.1) is 21.0 Å². The van der Waals surface area contributed by atoms with E-state index in [1.807, 2.05) is 22.6 Å². The molecule has 0 aromatic heterocycles. The number of aliphatic hydroxyl groups is 2. The van der Waals surface area contributed by atoms with Gasteiger partial charge in [0.1, 0.15) is 11.5 Å². The summed E-state index contributed by atoms with van der Waals surface area (Å²) >= 11 is 1.89. The summed E-state index contributed by atoms with van der Waals surface area (Å²) in [5, 5.41) is 21.1. The summed E-state index contributed by atoms with van der Waals surface area (Å²) in [7, 11) is -4.11. The second-order valence-corrected chi connectivity index (χ2v) is 10.2. The molecule has 2 aromatic rings. The summed E-state index contributed by atoms with van der Waals surface area (Å²) in [6, 6.07) is 5.83. The molecule has 0 aliphatic heterocycles. The molecule has 0 heterocycles. The molecule has 0 radical (unpaired) electrons. The Morgan fingerprint density at radius 1 is 1.10 bits per heavy atom. The molecule has 0 saturated heterocycles. The number of rotatable bonds is 8. The van der Waals surface area contributed by atoms with E-state index in [1.54, 1.807) is 6.07 Å². The maximum Gasteiger partial charge on any atom is 0.238 e. The molecule has 0 unspecified atom stereocenters. The van der Waals surface area contributed by atoms with Crippen molar-refractivity contribution in [3.8, 4) is 0 Å². The highest BCUT2D eigenvalue weighted by atomic mass is 127. The molecule has 11 heteroatoms. The van der Waals surface area contributed by atoms with Gasteiger partial charge in [0.15, 0.2) is 11.6 Å². The van der Waals surface area contributed by atoms with Crippen molar-refractivity contribution in [1.29, 1.82) is 0 Å². The van der Waals surface area contributed by atoms with E-state index in [2.05, 4.69) is 10.0 Å². The average molecular weight is 542 g/mol. The van der Waals surface area contributed by atoms with Crippen molar-refractivity contribution in [1.82, 2.24) is 0 Å². The third kappa shape index (κ3) is 4.62. The van der Waals surface area contributed by atoms with Gasteiger partial charge in [-0.15, -0.1) is 0 Å². The minimum atomic E-state index is -4.11. The van der Waals surface area contributed by atoms with Crippen molar-refractivity contribution in [2.75, 3.05) is 16.6 Å². The lowest BCUT2D eigenvalue weighted by atomic mass is 10.2. The molecular weight excluding hydrogens is 524 g/mol. The van der Waals surface area contributed by atoms with Gasteiger partial charge in [-0.1, -0.05) is 0 Å². The topological polar surface area (TPSA) is 98.7 Å². The monoisotopic (exact) mass is 542 g/mol. The molecule has 3 rings (SSSR count). The number of nitrogens with one attached hydrogen (secondary N) is 2. The number of hydrogen-bond acceptors (Lipinski definition) is 5. The molecule has 1 atom stereocenters. The maximum atomic E-state index is 14.4. The third-order valence-corrected chi connectivity index (χ3v) is 7.60. The summed E-state index contributed by atoms with van der Waals surface area (Å²) in [4.78, 5) is 0. The fraction of sp³-hybridized carbons (Fsp3) is 0.333. The van der Waals surface area contributed by atoms with Crippen LogP contribution in [0.2, 0.25) is 0 Å². The normalized spacial score (nSPS) is 16.3. The first kappa shape index (κ1) is 22.1. The molecular formula is C18H18F3IN2O4S. The van der Waals surface area contributed by atoms with Gasteiger partial charge < -0.3 is 15.5 Å². The Bertz CT molecular complexity index is 1030. The van der Waals surface area contributed by atoms with Crippen LogP contribution < -0.4 is 10.0 Å². The first-order chi connectivity index (χ1) is 13.6. The van der Waals surface area contributed by atoms with Gasteiger partial charge in [-0.05, 0) is 72.2 Å². The molecule has 1 aliphatic rings. The Hall–Kier alpha value is -1.57. The van der Waals surface area contributed by atoms with Gasteiger partial charge in [-0.25, -0.2) is 21.6 Å². The molecule has 0 amide bonds. The zero-order valence-corrected chi connectivity index (χ0v) is 17.9. The summed E-state index contributed by atoms with van der Waals surface area (Å²) < 4.78 is 69.5.